The monoisotopic (exact) mass is 453 g/mol. The third-order valence-corrected chi connectivity index (χ3v) is 5.54. The average Bonchev–Trinajstić information content (AvgIpc) is 3.12. The Bertz CT molecular complexity index is 1180. The number of carbonyl (C=O) groups excluding carboxylic acids is 2. The number of para-hydroxylation sites is 1. The number of hydrogen-bond donors (Lipinski definition) is 2. The summed E-state index contributed by atoms with van der Waals surface area (Å²) >= 11 is 0. The van der Waals surface area contributed by atoms with Crippen LogP contribution in [0.5, 0.6) is 0 Å². The van der Waals surface area contributed by atoms with E-state index in [1.807, 2.05) is 43.3 Å². The fourth-order valence-corrected chi connectivity index (χ4v) is 3.98. The van der Waals surface area contributed by atoms with Gasteiger partial charge in [0, 0.05) is 23.8 Å². The topological polar surface area (TPSA) is 61.4 Å². The van der Waals surface area contributed by atoms with Crippen molar-refractivity contribution in [3.05, 3.63) is 95.1 Å². The van der Waals surface area contributed by atoms with Gasteiger partial charge in [0.15, 0.2) is 0 Å². The Morgan fingerprint density at radius 1 is 1.00 bits per heavy atom. The highest BCUT2D eigenvalue weighted by molar-refractivity contribution is 6.07. The molecular weight excluding hydrogens is 431 g/mol. The average molecular weight is 453 g/mol. The van der Waals surface area contributed by atoms with Crippen LogP contribution in [0.3, 0.4) is 0 Å². The first-order valence-corrected chi connectivity index (χ1v) is 10.5. The summed E-state index contributed by atoms with van der Waals surface area (Å²) in [4.78, 5) is 27.1. The largest absolute Gasteiger partial charge is 0.418 e. The molecule has 1 heterocycles. The molecule has 3 aromatic carbocycles. The summed E-state index contributed by atoms with van der Waals surface area (Å²) in [5.41, 5.74) is 1.89. The molecule has 170 valence electrons. The number of nitrogens with zero attached hydrogens (tertiary/aromatic N) is 1. The van der Waals surface area contributed by atoms with Crippen molar-refractivity contribution in [3.63, 3.8) is 0 Å². The number of halogens is 3. The molecule has 0 saturated heterocycles. The number of amides is 3. The van der Waals surface area contributed by atoms with Crippen molar-refractivity contribution in [2.75, 3.05) is 10.2 Å². The van der Waals surface area contributed by atoms with E-state index in [1.54, 1.807) is 17.0 Å². The molecular formula is C25H22F3N3O2. The van der Waals surface area contributed by atoms with Crippen LogP contribution in [-0.2, 0) is 19.1 Å². The SMILES string of the molecule is CC1Cc2ccc(CNC(=O)Nc3ccccc3C(F)(F)F)cc2N1C(=O)c1ccccc1. The Morgan fingerprint density at radius 2 is 1.70 bits per heavy atom. The summed E-state index contributed by atoms with van der Waals surface area (Å²) in [7, 11) is 0. The van der Waals surface area contributed by atoms with Gasteiger partial charge < -0.3 is 15.5 Å². The third kappa shape index (κ3) is 4.84. The van der Waals surface area contributed by atoms with Gasteiger partial charge in [0.05, 0.1) is 11.3 Å². The lowest BCUT2D eigenvalue weighted by molar-refractivity contribution is -0.136. The normalized spacial score (nSPS) is 15.2. The van der Waals surface area contributed by atoms with Crippen molar-refractivity contribution in [1.29, 1.82) is 0 Å². The molecule has 0 aromatic heterocycles. The van der Waals surface area contributed by atoms with Gasteiger partial charge in [0.1, 0.15) is 0 Å². The highest BCUT2D eigenvalue weighted by Crippen LogP contribution is 2.35. The van der Waals surface area contributed by atoms with Gasteiger partial charge in [-0.05, 0) is 54.8 Å². The lowest BCUT2D eigenvalue weighted by atomic mass is 10.1. The van der Waals surface area contributed by atoms with E-state index in [9.17, 15) is 22.8 Å². The summed E-state index contributed by atoms with van der Waals surface area (Å²) in [5, 5.41) is 4.84. The zero-order valence-electron chi connectivity index (χ0n) is 17.8. The van der Waals surface area contributed by atoms with Gasteiger partial charge in [0.2, 0.25) is 0 Å². The third-order valence-electron chi connectivity index (χ3n) is 5.54. The fourth-order valence-electron chi connectivity index (χ4n) is 3.98. The number of rotatable bonds is 4. The quantitative estimate of drug-likeness (QED) is 0.539. The van der Waals surface area contributed by atoms with Crippen molar-refractivity contribution in [2.24, 2.45) is 0 Å². The predicted molar refractivity (Wildman–Crippen MR) is 120 cm³/mol. The van der Waals surface area contributed by atoms with Crippen molar-refractivity contribution in [2.45, 2.75) is 32.1 Å². The maximum atomic E-state index is 13.1. The molecule has 3 amide bonds. The van der Waals surface area contributed by atoms with Gasteiger partial charge in [-0.1, -0.05) is 42.5 Å². The number of anilines is 2. The van der Waals surface area contributed by atoms with Crippen LogP contribution in [0.25, 0.3) is 0 Å². The molecule has 33 heavy (non-hydrogen) atoms. The zero-order chi connectivity index (χ0) is 23.6. The van der Waals surface area contributed by atoms with Crippen LogP contribution in [0.4, 0.5) is 29.3 Å². The molecule has 2 N–H and O–H groups in total. The predicted octanol–water partition coefficient (Wildman–Crippen LogP) is 5.62. The number of nitrogens with one attached hydrogen (secondary N) is 2. The molecule has 0 radical (unpaired) electrons. The first-order chi connectivity index (χ1) is 15.7. The zero-order valence-corrected chi connectivity index (χ0v) is 17.8. The van der Waals surface area contributed by atoms with Crippen LogP contribution in [0.15, 0.2) is 72.8 Å². The van der Waals surface area contributed by atoms with E-state index >= 15 is 0 Å². The lowest BCUT2D eigenvalue weighted by Gasteiger charge is -2.23. The fraction of sp³-hybridized carbons (Fsp3) is 0.200. The van der Waals surface area contributed by atoms with Crippen LogP contribution >= 0.6 is 0 Å². The standard InChI is InChI=1S/C25H22F3N3O2/c1-16-13-19-12-11-17(14-22(19)31(16)23(32)18-7-3-2-4-8-18)15-29-24(33)30-21-10-6-5-9-20(21)25(26,27)28/h2-12,14,16H,13,15H2,1H3,(H2,29,30,33). The second kappa shape index (κ2) is 8.97. The summed E-state index contributed by atoms with van der Waals surface area (Å²) in [5.74, 6) is -0.103. The van der Waals surface area contributed by atoms with Gasteiger partial charge in [-0.15, -0.1) is 0 Å². The van der Waals surface area contributed by atoms with Gasteiger partial charge >= 0.3 is 12.2 Å². The molecule has 1 atom stereocenters. The molecule has 0 spiro atoms. The van der Waals surface area contributed by atoms with E-state index in [4.69, 9.17) is 0 Å². The minimum Gasteiger partial charge on any atom is -0.334 e. The number of urea groups is 1. The Hall–Kier alpha value is -3.81. The van der Waals surface area contributed by atoms with Gasteiger partial charge in [-0.2, -0.15) is 13.2 Å². The van der Waals surface area contributed by atoms with E-state index in [-0.39, 0.29) is 24.2 Å². The molecule has 4 rings (SSSR count). The van der Waals surface area contributed by atoms with Crippen molar-refractivity contribution in [3.8, 4) is 0 Å². The van der Waals surface area contributed by atoms with Crippen molar-refractivity contribution in [1.82, 2.24) is 5.32 Å². The Morgan fingerprint density at radius 3 is 2.42 bits per heavy atom. The maximum absolute atomic E-state index is 13.1. The minimum absolute atomic E-state index is 0.0157. The molecule has 8 heteroatoms. The van der Waals surface area contributed by atoms with Crippen molar-refractivity contribution < 1.29 is 22.8 Å². The molecule has 3 aromatic rings. The first-order valence-electron chi connectivity index (χ1n) is 10.5. The molecule has 0 bridgehead atoms. The molecule has 1 aliphatic rings. The number of carbonyl (C=O) groups is 2. The Balaban J connectivity index is 1.47. The van der Waals surface area contributed by atoms with Crippen LogP contribution in [0.1, 0.15) is 34.0 Å². The van der Waals surface area contributed by atoms with Gasteiger partial charge in [-0.3, -0.25) is 4.79 Å². The highest BCUT2D eigenvalue weighted by atomic mass is 19.4. The molecule has 0 saturated carbocycles. The molecule has 1 unspecified atom stereocenters. The van der Waals surface area contributed by atoms with E-state index in [2.05, 4.69) is 10.6 Å². The maximum Gasteiger partial charge on any atom is 0.418 e. The van der Waals surface area contributed by atoms with E-state index in [0.29, 0.717) is 5.56 Å². The van der Waals surface area contributed by atoms with Crippen molar-refractivity contribution >= 4 is 23.3 Å². The van der Waals surface area contributed by atoms with E-state index < -0.39 is 17.8 Å². The number of hydrogen-bond acceptors (Lipinski definition) is 2. The number of benzene rings is 3. The number of fused-ring (bicyclic) bond motifs is 1. The second-order valence-corrected chi connectivity index (χ2v) is 7.91. The van der Waals surface area contributed by atoms with Gasteiger partial charge in [0.25, 0.3) is 5.91 Å². The second-order valence-electron chi connectivity index (χ2n) is 7.91. The molecule has 1 aliphatic heterocycles. The highest BCUT2D eigenvalue weighted by Gasteiger charge is 2.34. The first kappa shape index (κ1) is 22.4. The summed E-state index contributed by atoms with van der Waals surface area (Å²) in [6.45, 7) is 2.07. The smallest absolute Gasteiger partial charge is 0.334 e. The molecule has 0 fully saturated rings. The molecule has 5 nitrogen and oxygen atoms in total. The van der Waals surface area contributed by atoms with Crippen LogP contribution in [0.2, 0.25) is 0 Å². The minimum atomic E-state index is -4.57. The lowest BCUT2D eigenvalue weighted by Crippen LogP contribution is -2.35. The Kier molecular flexibility index (Phi) is 6.09. The Labute approximate surface area is 189 Å². The van der Waals surface area contributed by atoms with E-state index in [1.165, 1.54) is 18.2 Å². The summed E-state index contributed by atoms with van der Waals surface area (Å²) < 4.78 is 39.4. The molecule has 0 aliphatic carbocycles. The number of alkyl halides is 3. The summed E-state index contributed by atoms with van der Waals surface area (Å²) in [6, 6.07) is 18.6. The summed E-state index contributed by atoms with van der Waals surface area (Å²) in [6.07, 6.45) is -3.86. The van der Waals surface area contributed by atoms with Crippen LogP contribution in [0, 0.1) is 0 Å². The van der Waals surface area contributed by atoms with E-state index in [0.717, 1.165) is 29.3 Å². The van der Waals surface area contributed by atoms with Gasteiger partial charge in [-0.25, -0.2) is 4.79 Å². The van der Waals surface area contributed by atoms with Crippen LogP contribution < -0.4 is 15.5 Å². The van der Waals surface area contributed by atoms with Crippen LogP contribution in [-0.4, -0.2) is 18.0 Å².